The fourth-order valence-electron chi connectivity index (χ4n) is 2.54. The van der Waals surface area contributed by atoms with Crippen LogP contribution in [0.5, 0.6) is 0 Å². The van der Waals surface area contributed by atoms with E-state index in [4.69, 9.17) is 5.11 Å². The fourth-order valence-corrected chi connectivity index (χ4v) is 4.25. The average molecular weight is 316 g/mol. The van der Waals surface area contributed by atoms with Crippen LogP contribution in [0, 0.1) is 5.82 Å². The molecule has 1 heterocycles. The Morgan fingerprint density at radius 2 is 1.86 bits per heavy atom. The van der Waals surface area contributed by atoms with Gasteiger partial charge in [0.05, 0.1) is 6.61 Å². The molecule has 7 heteroatoms. The fraction of sp³-hybridized carbons (Fsp3) is 0.571. The lowest BCUT2D eigenvalue weighted by atomic mass is 10.1. The Morgan fingerprint density at radius 1 is 1.29 bits per heavy atom. The number of hydrogen-bond donors (Lipinski definition) is 1. The normalized spacial score (nSPS) is 25.2. The lowest BCUT2D eigenvalue weighted by Gasteiger charge is -2.41. The van der Waals surface area contributed by atoms with E-state index in [1.54, 1.807) is 0 Å². The molecule has 2 atom stereocenters. The Bertz CT molecular complexity index is 609. The van der Waals surface area contributed by atoms with Gasteiger partial charge in [0.1, 0.15) is 10.7 Å². The number of aliphatic hydroxyl groups excluding tert-OH is 1. The maximum Gasteiger partial charge on any atom is 0.246 e. The summed E-state index contributed by atoms with van der Waals surface area (Å²) < 4.78 is 40.6. The summed E-state index contributed by atoms with van der Waals surface area (Å²) in [7, 11) is -1.94. The van der Waals surface area contributed by atoms with Gasteiger partial charge in [-0.3, -0.25) is 4.90 Å². The number of halogens is 1. The molecule has 5 nitrogen and oxygen atoms in total. The van der Waals surface area contributed by atoms with Crippen LogP contribution < -0.4 is 0 Å². The van der Waals surface area contributed by atoms with E-state index in [0.717, 1.165) is 6.07 Å². The lowest BCUT2D eigenvalue weighted by molar-refractivity contribution is 0.105. The summed E-state index contributed by atoms with van der Waals surface area (Å²) in [5.74, 6) is -0.786. The number of sulfonamides is 1. The second kappa shape index (κ2) is 6.00. The second-order valence-corrected chi connectivity index (χ2v) is 7.51. The first kappa shape index (κ1) is 16.4. The highest BCUT2D eigenvalue weighted by Gasteiger charge is 2.35. The molecule has 21 heavy (non-hydrogen) atoms. The molecule has 1 aromatic rings. The van der Waals surface area contributed by atoms with E-state index in [9.17, 15) is 12.8 Å². The van der Waals surface area contributed by atoms with Gasteiger partial charge in [-0.1, -0.05) is 6.07 Å². The number of hydrogen-bond acceptors (Lipinski definition) is 4. The molecule has 1 saturated heterocycles. The monoisotopic (exact) mass is 316 g/mol. The molecular weight excluding hydrogens is 295 g/mol. The molecule has 0 radical (unpaired) electrons. The summed E-state index contributed by atoms with van der Waals surface area (Å²) in [6.45, 7) is 4.22. The molecule has 0 bridgehead atoms. The van der Waals surface area contributed by atoms with Gasteiger partial charge in [0, 0.05) is 25.2 Å². The zero-order valence-electron chi connectivity index (χ0n) is 12.5. The zero-order chi connectivity index (χ0) is 15.8. The molecule has 1 aliphatic rings. The number of piperazine rings is 1. The van der Waals surface area contributed by atoms with Crippen molar-refractivity contribution in [1.82, 2.24) is 9.21 Å². The van der Waals surface area contributed by atoms with Crippen LogP contribution in [0.4, 0.5) is 4.39 Å². The van der Waals surface area contributed by atoms with Crippen molar-refractivity contribution < 1.29 is 17.9 Å². The van der Waals surface area contributed by atoms with Crippen molar-refractivity contribution in [3.63, 3.8) is 0 Å². The molecule has 1 N–H and O–H groups in total. The Balaban J connectivity index is 2.38. The molecule has 0 saturated carbocycles. The Labute approximate surface area is 125 Å². The molecule has 0 spiro atoms. The minimum absolute atomic E-state index is 0.0626. The van der Waals surface area contributed by atoms with Crippen molar-refractivity contribution in [2.45, 2.75) is 37.4 Å². The molecule has 1 aliphatic heterocycles. The van der Waals surface area contributed by atoms with Crippen LogP contribution in [0.2, 0.25) is 0 Å². The lowest BCUT2D eigenvalue weighted by Crippen LogP contribution is -2.56. The van der Waals surface area contributed by atoms with Crippen molar-refractivity contribution in [3.8, 4) is 0 Å². The summed E-state index contributed by atoms with van der Waals surface area (Å²) in [5, 5.41) is 9.11. The standard InChI is InChI=1S/C14H21FN2O3S/c1-10-7-17(8-11(2)16(10)3)21(19,20)14-6-12(9-18)4-5-13(14)15/h4-6,10-11,18H,7-9H2,1-3H3. The van der Waals surface area contributed by atoms with Gasteiger partial charge in [-0.05, 0) is 38.6 Å². The van der Waals surface area contributed by atoms with Gasteiger partial charge in [-0.15, -0.1) is 0 Å². The summed E-state index contributed by atoms with van der Waals surface area (Å²) >= 11 is 0. The summed E-state index contributed by atoms with van der Waals surface area (Å²) in [6, 6.07) is 3.80. The van der Waals surface area contributed by atoms with E-state index < -0.39 is 15.8 Å². The van der Waals surface area contributed by atoms with Crippen molar-refractivity contribution >= 4 is 10.0 Å². The van der Waals surface area contributed by atoms with Gasteiger partial charge in [-0.2, -0.15) is 4.31 Å². The van der Waals surface area contributed by atoms with Gasteiger partial charge in [0.25, 0.3) is 0 Å². The Hall–Kier alpha value is -1.02. The van der Waals surface area contributed by atoms with Gasteiger partial charge < -0.3 is 5.11 Å². The van der Waals surface area contributed by atoms with Crippen LogP contribution >= 0.6 is 0 Å². The second-order valence-electron chi connectivity index (χ2n) is 5.61. The third kappa shape index (κ3) is 3.11. The first-order valence-corrected chi connectivity index (χ1v) is 8.32. The molecule has 2 rings (SSSR count). The van der Waals surface area contributed by atoms with Crippen LogP contribution in [0.1, 0.15) is 19.4 Å². The zero-order valence-corrected chi connectivity index (χ0v) is 13.3. The van der Waals surface area contributed by atoms with Crippen LogP contribution in [-0.2, 0) is 16.6 Å². The number of benzene rings is 1. The largest absolute Gasteiger partial charge is 0.392 e. The van der Waals surface area contributed by atoms with Crippen molar-refractivity contribution in [1.29, 1.82) is 0 Å². The number of rotatable bonds is 3. The number of aliphatic hydroxyl groups is 1. The van der Waals surface area contributed by atoms with Crippen LogP contribution in [-0.4, -0.2) is 55.0 Å². The SMILES string of the molecule is CC1CN(S(=O)(=O)c2cc(CO)ccc2F)CC(C)N1C. The molecule has 0 aliphatic carbocycles. The highest BCUT2D eigenvalue weighted by molar-refractivity contribution is 7.89. The van der Waals surface area contributed by atoms with Gasteiger partial charge in [0.2, 0.25) is 10.0 Å². The highest BCUT2D eigenvalue weighted by atomic mass is 32.2. The highest BCUT2D eigenvalue weighted by Crippen LogP contribution is 2.25. The minimum atomic E-state index is -3.89. The van der Waals surface area contributed by atoms with E-state index in [1.165, 1.54) is 16.4 Å². The van der Waals surface area contributed by atoms with Gasteiger partial charge >= 0.3 is 0 Å². The van der Waals surface area contributed by atoms with Crippen molar-refractivity contribution in [2.75, 3.05) is 20.1 Å². The third-order valence-electron chi connectivity index (χ3n) is 4.12. The van der Waals surface area contributed by atoms with Gasteiger partial charge in [-0.25, -0.2) is 12.8 Å². The first-order valence-electron chi connectivity index (χ1n) is 6.88. The Kier molecular flexibility index (Phi) is 4.67. The average Bonchev–Trinajstić information content (AvgIpc) is 2.44. The van der Waals surface area contributed by atoms with Crippen molar-refractivity contribution in [3.05, 3.63) is 29.6 Å². The van der Waals surface area contributed by atoms with Crippen LogP contribution in [0.25, 0.3) is 0 Å². The first-order chi connectivity index (χ1) is 9.77. The summed E-state index contributed by atoms with van der Waals surface area (Å²) in [4.78, 5) is 1.74. The predicted octanol–water partition coefficient (Wildman–Crippen LogP) is 1.03. The van der Waals surface area contributed by atoms with E-state index in [2.05, 4.69) is 4.90 Å². The Morgan fingerprint density at radius 3 is 2.38 bits per heavy atom. The molecule has 1 aromatic carbocycles. The maximum absolute atomic E-state index is 13.9. The van der Waals surface area contributed by atoms with Crippen LogP contribution in [0.3, 0.4) is 0 Å². The molecular formula is C14H21FN2O3S. The smallest absolute Gasteiger partial charge is 0.246 e. The third-order valence-corrected chi connectivity index (χ3v) is 5.97. The topological polar surface area (TPSA) is 60.9 Å². The summed E-state index contributed by atoms with van der Waals surface area (Å²) in [6.07, 6.45) is 0. The maximum atomic E-state index is 13.9. The minimum Gasteiger partial charge on any atom is -0.392 e. The van der Waals surface area contributed by atoms with Crippen molar-refractivity contribution in [2.24, 2.45) is 0 Å². The molecule has 0 aromatic heterocycles. The predicted molar refractivity (Wildman–Crippen MR) is 77.8 cm³/mol. The summed E-state index contributed by atoms with van der Waals surface area (Å²) in [5.41, 5.74) is 0.380. The van der Waals surface area contributed by atoms with E-state index in [-0.39, 0.29) is 23.6 Å². The molecule has 0 amide bonds. The molecule has 2 unspecified atom stereocenters. The van der Waals surface area contributed by atoms with Crippen LogP contribution in [0.15, 0.2) is 23.1 Å². The van der Waals surface area contributed by atoms with E-state index in [1.807, 2.05) is 20.9 Å². The number of likely N-dealkylation sites (N-methyl/N-ethyl adjacent to an activating group) is 1. The van der Waals surface area contributed by atoms with Gasteiger partial charge in [0.15, 0.2) is 0 Å². The van der Waals surface area contributed by atoms with E-state index in [0.29, 0.717) is 18.7 Å². The molecule has 118 valence electrons. The quantitative estimate of drug-likeness (QED) is 0.905. The van der Waals surface area contributed by atoms with E-state index >= 15 is 0 Å². The molecule has 1 fully saturated rings. The number of nitrogens with zero attached hydrogens (tertiary/aromatic N) is 2.